The van der Waals surface area contributed by atoms with Crippen LogP contribution in [0.3, 0.4) is 0 Å². The van der Waals surface area contributed by atoms with Gasteiger partial charge in [-0.15, -0.1) is 0 Å². The minimum atomic E-state index is -0.406. The molecule has 2 fully saturated rings. The third-order valence-corrected chi connectivity index (χ3v) is 5.19. The first kappa shape index (κ1) is 15.8. The second-order valence-electron chi connectivity index (χ2n) is 7.22. The van der Waals surface area contributed by atoms with E-state index in [9.17, 15) is 4.79 Å². The summed E-state index contributed by atoms with van der Waals surface area (Å²) in [7, 11) is 1.72. The lowest BCUT2D eigenvalue weighted by Gasteiger charge is -2.35. The highest BCUT2D eigenvalue weighted by Gasteiger charge is 2.50. The third kappa shape index (κ3) is 2.86. The van der Waals surface area contributed by atoms with Crippen LogP contribution in [0.5, 0.6) is 0 Å². The summed E-state index contributed by atoms with van der Waals surface area (Å²) < 4.78 is 5.54. The molecule has 2 rings (SSSR count). The van der Waals surface area contributed by atoms with E-state index in [4.69, 9.17) is 4.74 Å². The molecule has 116 valence electrons. The topological polar surface area (TPSA) is 41.6 Å². The van der Waals surface area contributed by atoms with Crippen LogP contribution in [0.25, 0.3) is 0 Å². The number of methoxy groups -OCH3 is 1. The highest BCUT2D eigenvalue weighted by atomic mass is 16.5. The van der Waals surface area contributed by atoms with Gasteiger partial charge in [-0.05, 0) is 46.0 Å². The van der Waals surface area contributed by atoms with Crippen molar-refractivity contribution in [3.63, 3.8) is 0 Å². The van der Waals surface area contributed by atoms with Crippen LogP contribution in [0.2, 0.25) is 0 Å². The molecule has 1 aliphatic carbocycles. The van der Waals surface area contributed by atoms with Crippen molar-refractivity contribution in [2.45, 2.75) is 77.1 Å². The first-order valence-corrected chi connectivity index (χ1v) is 7.97. The van der Waals surface area contributed by atoms with Crippen LogP contribution in [0, 0.1) is 5.92 Å². The van der Waals surface area contributed by atoms with Crippen molar-refractivity contribution in [1.82, 2.24) is 10.2 Å². The predicted octanol–water partition coefficient (Wildman–Crippen LogP) is 2.53. The number of rotatable bonds is 5. The minimum absolute atomic E-state index is 0.185. The fourth-order valence-corrected chi connectivity index (χ4v) is 3.45. The number of hydrogen-bond donors (Lipinski definition) is 1. The maximum atomic E-state index is 12.8. The maximum Gasteiger partial charge on any atom is 0.243 e. The molecule has 20 heavy (non-hydrogen) atoms. The van der Waals surface area contributed by atoms with Crippen molar-refractivity contribution >= 4 is 5.91 Å². The Labute approximate surface area is 123 Å². The average molecular weight is 282 g/mol. The lowest BCUT2D eigenvalue weighted by Crippen LogP contribution is -2.49. The Hall–Kier alpha value is -0.610. The molecule has 1 saturated carbocycles. The molecule has 0 aromatic rings. The van der Waals surface area contributed by atoms with Crippen molar-refractivity contribution in [3.05, 3.63) is 0 Å². The molecule has 0 spiro atoms. The largest absolute Gasteiger partial charge is 0.377 e. The van der Waals surface area contributed by atoms with E-state index in [1.165, 1.54) is 25.7 Å². The summed E-state index contributed by atoms with van der Waals surface area (Å²) in [6.07, 6.45) is 6.06. The number of carbonyl (C=O) groups is 1. The highest BCUT2D eigenvalue weighted by Crippen LogP contribution is 2.36. The number of amides is 1. The number of ether oxygens (including phenoxy) is 1. The van der Waals surface area contributed by atoms with Crippen LogP contribution in [0.4, 0.5) is 0 Å². The molecule has 4 nitrogen and oxygen atoms in total. The second kappa shape index (κ2) is 5.64. The lowest BCUT2D eigenvalue weighted by molar-refractivity contribution is -0.137. The summed E-state index contributed by atoms with van der Waals surface area (Å²) in [5.41, 5.74) is -0.704. The van der Waals surface area contributed by atoms with Gasteiger partial charge in [0.2, 0.25) is 5.91 Å². The quantitative estimate of drug-likeness (QED) is 0.842. The van der Waals surface area contributed by atoms with E-state index in [0.29, 0.717) is 12.5 Å². The summed E-state index contributed by atoms with van der Waals surface area (Å²) in [5.74, 6) is 0.835. The highest BCUT2D eigenvalue weighted by molar-refractivity contribution is 5.88. The van der Waals surface area contributed by atoms with E-state index in [1.807, 2.05) is 25.7 Å². The van der Waals surface area contributed by atoms with Crippen LogP contribution < -0.4 is 5.32 Å². The summed E-state index contributed by atoms with van der Waals surface area (Å²) in [6.45, 7) is 8.88. The summed E-state index contributed by atoms with van der Waals surface area (Å²) in [5, 5.41) is 3.63. The lowest BCUT2D eigenvalue weighted by atomic mass is 9.99. The minimum Gasteiger partial charge on any atom is -0.377 e. The smallest absolute Gasteiger partial charge is 0.243 e. The zero-order valence-corrected chi connectivity index (χ0v) is 13.7. The zero-order valence-electron chi connectivity index (χ0n) is 13.7. The average Bonchev–Trinajstić information content (AvgIpc) is 3.02. The number of hydrogen-bond acceptors (Lipinski definition) is 3. The molecule has 4 heteroatoms. The van der Waals surface area contributed by atoms with Crippen molar-refractivity contribution in [2.75, 3.05) is 13.7 Å². The molecule has 0 aromatic carbocycles. The van der Waals surface area contributed by atoms with E-state index in [0.717, 1.165) is 6.42 Å². The van der Waals surface area contributed by atoms with Crippen LogP contribution in [-0.2, 0) is 9.53 Å². The molecular weight excluding hydrogens is 252 g/mol. The molecule has 1 amide bonds. The van der Waals surface area contributed by atoms with Crippen molar-refractivity contribution in [3.8, 4) is 0 Å². The zero-order chi connectivity index (χ0) is 15.0. The molecule has 0 bridgehead atoms. The van der Waals surface area contributed by atoms with Crippen LogP contribution in [0.1, 0.15) is 59.8 Å². The summed E-state index contributed by atoms with van der Waals surface area (Å²) in [6, 6.07) is 0. The van der Waals surface area contributed by atoms with E-state index in [2.05, 4.69) is 12.2 Å². The Bertz CT molecular complexity index is 363. The van der Waals surface area contributed by atoms with E-state index in [1.54, 1.807) is 7.11 Å². The normalized spacial score (nSPS) is 32.4. The predicted molar refractivity (Wildman–Crippen MR) is 80.4 cm³/mol. The molecule has 0 radical (unpaired) electrons. The number of carbonyl (C=O) groups excluding carboxylic acids is 1. The van der Waals surface area contributed by atoms with Gasteiger partial charge in [-0.1, -0.05) is 19.8 Å². The Kier molecular flexibility index (Phi) is 4.45. The molecule has 1 N–H and O–H groups in total. The summed E-state index contributed by atoms with van der Waals surface area (Å²) >= 11 is 0. The number of nitrogens with one attached hydrogen (secondary N) is 1. The fraction of sp³-hybridized carbons (Fsp3) is 0.938. The molecule has 1 saturated heterocycles. The summed E-state index contributed by atoms with van der Waals surface area (Å²) in [4.78, 5) is 14.9. The van der Waals surface area contributed by atoms with E-state index < -0.39 is 5.54 Å². The van der Waals surface area contributed by atoms with Gasteiger partial charge in [-0.2, -0.15) is 0 Å². The Morgan fingerprint density at radius 1 is 1.40 bits per heavy atom. The van der Waals surface area contributed by atoms with Crippen LogP contribution >= 0.6 is 0 Å². The van der Waals surface area contributed by atoms with Crippen LogP contribution in [0.15, 0.2) is 0 Å². The van der Waals surface area contributed by atoms with E-state index >= 15 is 0 Å². The molecule has 2 atom stereocenters. The SMILES string of the molecule is CCC1(C)NC(C2CCCC2)N(CC(C)(C)OC)C1=O. The molecular formula is C16H30N2O2. The molecule has 1 aliphatic heterocycles. The molecule has 1 heterocycles. The fourth-order valence-electron chi connectivity index (χ4n) is 3.45. The second-order valence-corrected chi connectivity index (χ2v) is 7.22. The number of nitrogens with zero attached hydrogens (tertiary/aromatic N) is 1. The standard InChI is InChI=1S/C16H30N2O2/c1-6-16(4)14(19)18(11-15(2,3)20-5)13(17-16)12-9-7-8-10-12/h12-13,17H,6-11H2,1-5H3. The first-order chi connectivity index (χ1) is 9.33. The molecule has 2 aliphatic rings. The third-order valence-electron chi connectivity index (χ3n) is 5.19. The first-order valence-electron chi connectivity index (χ1n) is 7.97. The van der Waals surface area contributed by atoms with E-state index in [-0.39, 0.29) is 17.7 Å². The van der Waals surface area contributed by atoms with Gasteiger partial charge in [0.05, 0.1) is 23.9 Å². The Morgan fingerprint density at radius 2 is 2.00 bits per heavy atom. The monoisotopic (exact) mass is 282 g/mol. The van der Waals surface area contributed by atoms with Gasteiger partial charge in [-0.3, -0.25) is 10.1 Å². The van der Waals surface area contributed by atoms with Gasteiger partial charge in [0.1, 0.15) is 0 Å². The van der Waals surface area contributed by atoms with Crippen molar-refractivity contribution < 1.29 is 9.53 Å². The van der Waals surface area contributed by atoms with Gasteiger partial charge >= 0.3 is 0 Å². The Balaban J connectivity index is 2.21. The van der Waals surface area contributed by atoms with Crippen LogP contribution in [-0.4, -0.2) is 41.8 Å². The van der Waals surface area contributed by atoms with Gasteiger partial charge < -0.3 is 9.64 Å². The van der Waals surface area contributed by atoms with Gasteiger partial charge in [0, 0.05) is 7.11 Å². The molecule has 2 unspecified atom stereocenters. The van der Waals surface area contributed by atoms with Crippen molar-refractivity contribution in [2.24, 2.45) is 5.92 Å². The Morgan fingerprint density at radius 3 is 2.50 bits per heavy atom. The van der Waals surface area contributed by atoms with Crippen molar-refractivity contribution in [1.29, 1.82) is 0 Å². The maximum absolute atomic E-state index is 12.8. The van der Waals surface area contributed by atoms with Gasteiger partial charge in [0.15, 0.2) is 0 Å². The van der Waals surface area contributed by atoms with Gasteiger partial charge in [-0.25, -0.2) is 0 Å². The van der Waals surface area contributed by atoms with Gasteiger partial charge in [0.25, 0.3) is 0 Å². The molecule has 0 aromatic heterocycles.